The molecule has 30 heavy (non-hydrogen) atoms. The second-order valence-electron chi connectivity index (χ2n) is 7.00. The SMILES string of the molecule is CCCc1nc(CC)c(C(=O)O)c(=O)n1Cc1ccc(-c2ccccc2C#N)cc1. The smallest absolute Gasteiger partial charge is 0.343 e. The lowest BCUT2D eigenvalue weighted by atomic mass is 9.99. The van der Waals surface area contributed by atoms with Crippen LogP contribution in [0.15, 0.2) is 53.3 Å². The summed E-state index contributed by atoms with van der Waals surface area (Å²) in [5.41, 5.74) is 2.76. The number of carboxylic acid groups (broad SMARTS) is 1. The van der Waals surface area contributed by atoms with Crippen LogP contribution in [0.5, 0.6) is 0 Å². The van der Waals surface area contributed by atoms with Crippen molar-refractivity contribution in [2.45, 2.75) is 39.7 Å². The van der Waals surface area contributed by atoms with Crippen molar-refractivity contribution in [3.05, 3.63) is 87.1 Å². The van der Waals surface area contributed by atoms with E-state index in [0.717, 1.165) is 23.1 Å². The Bertz CT molecular complexity index is 1170. The van der Waals surface area contributed by atoms with E-state index in [-0.39, 0.29) is 12.1 Å². The van der Waals surface area contributed by atoms with Crippen LogP contribution >= 0.6 is 0 Å². The summed E-state index contributed by atoms with van der Waals surface area (Å²) in [6.45, 7) is 4.03. The molecule has 0 bridgehead atoms. The third-order valence-corrected chi connectivity index (χ3v) is 5.00. The molecular weight excluding hydrogens is 378 g/mol. The van der Waals surface area contributed by atoms with Gasteiger partial charge in [0.1, 0.15) is 11.4 Å². The maximum atomic E-state index is 13.0. The van der Waals surface area contributed by atoms with Crippen molar-refractivity contribution in [1.29, 1.82) is 5.26 Å². The second kappa shape index (κ2) is 9.19. The lowest BCUT2D eigenvalue weighted by molar-refractivity contribution is 0.0692. The Kier molecular flexibility index (Phi) is 6.43. The van der Waals surface area contributed by atoms with Gasteiger partial charge in [0.2, 0.25) is 0 Å². The van der Waals surface area contributed by atoms with Gasteiger partial charge < -0.3 is 5.11 Å². The van der Waals surface area contributed by atoms with E-state index in [1.54, 1.807) is 13.0 Å². The van der Waals surface area contributed by atoms with E-state index in [1.165, 1.54) is 4.57 Å². The topological polar surface area (TPSA) is 96.0 Å². The third kappa shape index (κ3) is 4.15. The van der Waals surface area contributed by atoms with Crippen LogP contribution in [0.3, 0.4) is 0 Å². The van der Waals surface area contributed by atoms with Gasteiger partial charge in [-0.05, 0) is 35.6 Å². The number of carboxylic acids is 1. The largest absolute Gasteiger partial charge is 0.477 e. The molecule has 1 N–H and O–H groups in total. The third-order valence-electron chi connectivity index (χ3n) is 5.00. The Balaban J connectivity index is 2.02. The van der Waals surface area contributed by atoms with Crippen LogP contribution in [-0.2, 0) is 19.4 Å². The standard InChI is InChI=1S/C24H23N3O3/c1-3-7-21-26-20(4-2)22(24(29)30)23(28)27(21)15-16-10-12-17(13-11-16)19-9-6-5-8-18(19)14-25/h5-6,8-13H,3-4,7,15H2,1-2H3,(H,29,30). The van der Waals surface area contributed by atoms with E-state index in [4.69, 9.17) is 0 Å². The fraction of sp³-hybridized carbons (Fsp3) is 0.250. The van der Waals surface area contributed by atoms with Crippen molar-refractivity contribution < 1.29 is 9.90 Å². The Hall–Kier alpha value is -3.72. The number of aromatic carboxylic acids is 1. The molecule has 0 atom stereocenters. The Morgan fingerprint density at radius 2 is 1.83 bits per heavy atom. The van der Waals surface area contributed by atoms with Crippen molar-refractivity contribution in [2.24, 2.45) is 0 Å². The van der Waals surface area contributed by atoms with Crippen molar-refractivity contribution >= 4 is 5.97 Å². The normalized spacial score (nSPS) is 10.6. The predicted molar refractivity (Wildman–Crippen MR) is 115 cm³/mol. The van der Waals surface area contributed by atoms with E-state index in [9.17, 15) is 20.0 Å². The molecule has 0 aliphatic heterocycles. The predicted octanol–water partition coefficient (Wildman–Crippen LogP) is 4.04. The number of hydrogen-bond donors (Lipinski definition) is 1. The van der Waals surface area contributed by atoms with Crippen LogP contribution in [0, 0.1) is 11.3 Å². The first kappa shape index (κ1) is 21.0. The van der Waals surface area contributed by atoms with Crippen molar-refractivity contribution in [1.82, 2.24) is 9.55 Å². The molecule has 1 aromatic heterocycles. The molecule has 152 valence electrons. The summed E-state index contributed by atoms with van der Waals surface area (Å²) < 4.78 is 1.46. The van der Waals surface area contributed by atoms with Gasteiger partial charge in [0.05, 0.1) is 23.9 Å². The summed E-state index contributed by atoms with van der Waals surface area (Å²) >= 11 is 0. The average Bonchev–Trinajstić information content (AvgIpc) is 2.76. The van der Waals surface area contributed by atoms with Gasteiger partial charge in [0.25, 0.3) is 5.56 Å². The number of nitrogens with zero attached hydrogens (tertiary/aromatic N) is 3. The highest BCUT2D eigenvalue weighted by atomic mass is 16.4. The molecule has 0 radical (unpaired) electrons. The van der Waals surface area contributed by atoms with E-state index in [0.29, 0.717) is 29.9 Å². The highest BCUT2D eigenvalue weighted by Crippen LogP contribution is 2.23. The number of benzene rings is 2. The molecule has 2 aromatic carbocycles. The molecule has 3 aromatic rings. The Morgan fingerprint density at radius 3 is 2.43 bits per heavy atom. The first-order valence-corrected chi connectivity index (χ1v) is 9.94. The lowest BCUT2D eigenvalue weighted by Crippen LogP contribution is -2.32. The Labute approximate surface area is 175 Å². The van der Waals surface area contributed by atoms with Crippen molar-refractivity contribution in [3.63, 3.8) is 0 Å². The van der Waals surface area contributed by atoms with E-state index >= 15 is 0 Å². The van der Waals surface area contributed by atoms with Gasteiger partial charge in [-0.15, -0.1) is 0 Å². The number of aromatic nitrogens is 2. The monoisotopic (exact) mass is 401 g/mol. The molecular formula is C24H23N3O3. The summed E-state index contributed by atoms with van der Waals surface area (Å²) in [6, 6.07) is 17.2. The molecule has 0 spiro atoms. The fourth-order valence-electron chi connectivity index (χ4n) is 3.50. The van der Waals surface area contributed by atoms with Crippen LogP contribution in [0.1, 0.15) is 53.3 Å². The number of nitriles is 1. The number of aryl methyl sites for hydroxylation is 2. The highest BCUT2D eigenvalue weighted by molar-refractivity contribution is 5.88. The molecule has 0 amide bonds. The second-order valence-corrected chi connectivity index (χ2v) is 7.00. The van der Waals surface area contributed by atoms with Gasteiger partial charge in [-0.3, -0.25) is 9.36 Å². The molecule has 6 nitrogen and oxygen atoms in total. The van der Waals surface area contributed by atoms with Gasteiger partial charge in [0, 0.05) is 6.42 Å². The number of carbonyl (C=O) groups is 1. The summed E-state index contributed by atoms with van der Waals surface area (Å²) in [6.07, 6.45) is 1.78. The van der Waals surface area contributed by atoms with E-state index in [2.05, 4.69) is 11.1 Å². The summed E-state index contributed by atoms with van der Waals surface area (Å²) in [5.74, 6) is -0.646. The van der Waals surface area contributed by atoms with Gasteiger partial charge >= 0.3 is 5.97 Å². The fourth-order valence-corrected chi connectivity index (χ4v) is 3.50. The minimum Gasteiger partial charge on any atom is -0.477 e. The average molecular weight is 401 g/mol. The molecule has 0 saturated heterocycles. The molecule has 6 heteroatoms. The van der Waals surface area contributed by atoms with Crippen LogP contribution in [0.4, 0.5) is 0 Å². The quantitative estimate of drug-likeness (QED) is 0.644. The number of rotatable bonds is 7. The van der Waals surface area contributed by atoms with Gasteiger partial charge in [-0.2, -0.15) is 5.26 Å². The van der Waals surface area contributed by atoms with Gasteiger partial charge in [-0.1, -0.05) is 56.3 Å². The van der Waals surface area contributed by atoms with Crippen LogP contribution in [0.2, 0.25) is 0 Å². The highest BCUT2D eigenvalue weighted by Gasteiger charge is 2.20. The lowest BCUT2D eigenvalue weighted by Gasteiger charge is -2.15. The molecule has 0 saturated carbocycles. The van der Waals surface area contributed by atoms with Gasteiger partial charge in [-0.25, -0.2) is 9.78 Å². The first-order valence-electron chi connectivity index (χ1n) is 9.94. The van der Waals surface area contributed by atoms with E-state index in [1.807, 2.05) is 49.4 Å². The molecule has 0 aliphatic rings. The molecule has 1 heterocycles. The zero-order chi connectivity index (χ0) is 21.7. The summed E-state index contributed by atoms with van der Waals surface area (Å²) in [4.78, 5) is 29.1. The van der Waals surface area contributed by atoms with Crippen LogP contribution in [0.25, 0.3) is 11.1 Å². The zero-order valence-corrected chi connectivity index (χ0v) is 17.1. The maximum absolute atomic E-state index is 13.0. The number of hydrogen-bond acceptors (Lipinski definition) is 4. The zero-order valence-electron chi connectivity index (χ0n) is 17.1. The van der Waals surface area contributed by atoms with Gasteiger partial charge in [0.15, 0.2) is 0 Å². The van der Waals surface area contributed by atoms with Crippen LogP contribution < -0.4 is 5.56 Å². The maximum Gasteiger partial charge on any atom is 0.343 e. The van der Waals surface area contributed by atoms with E-state index < -0.39 is 11.5 Å². The minimum absolute atomic E-state index is 0.242. The van der Waals surface area contributed by atoms with Crippen molar-refractivity contribution in [2.75, 3.05) is 0 Å². The Morgan fingerprint density at radius 1 is 1.13 bits per heavy atom. The molecule has 0 fully saturated rings. The summed E-state index contributed by atoms with van der Waals surface area (Å²) in [5, 5.41) is 18.8. The molecule has 3 rings (SSSR count). The van der Waals surface area contributed by atoms with Crippen molar-refractivity contribution in [3.8, 4) is 17.2 Å². The minimum atomic E-state index is -1.25. The summed E-state index contributed by atoms with van der Waals surface area (Å²) in [7, 11) is 0. The molecule has 0 unspecified atom stereocenters. The molecule has 0 aliphatic carbocycles. The first-order chi connectivity index (χ1) is 14.5. The van der Waals surface area contributed by atoms with Crippen LogP contribution in [-0.4, -0.2) is 20.6 Å².